The number of ketones is 1. The number of methoxy groups -OCH3 is 1. The number of aryl methyl sites for hydroxylation is 1. The number of benzene rings is 1. The molecular formula is C22H32O3. The second kappa shape index (κ2) is 6.66. The van der Waals surface area contributed by atoms with E-state index >= 15 is 0 Å². The van der Waals surface area contributed by atoms with Gasteiger partial charge in [0.25, 0.3) is 0 Å². The number of fused-ring (bicyclic) bond motifs is 1. The minimum absolute atomic E-state index is 0.123. The molecule has 3 heteroatoms. The minimum atomic E-state index is -0.195. The Bertz CT molecular complexity index is 661. The molecule has 3 nitrogen and oxygen atoms in total. The van der Waals surface area contributed by atoms with E-state index in [0.717, 1.165) is 62.0 Å². The van der Waals surface area contributed by atoms with E-state index in [9.17, 15) is 4.79 Å². The molecule has 1 aromatic carbocycles. The highest BCUT2D eigenvalue weighted by Crippen LogP contribution is 2.45. The Hall–Kier alpha value is -1.51. The van der Waals surface area contributed by atoms with Gasteiger partial charge in [0.15, 0.2) is 0 Å². The normalized spacial score (nSPS) is 28.2. The Morgan fingerprint density at radius 3 is 2.64 bits per heavy atom. The number of hydrogen-bond donors (Lipinski definition) is 0. The Morgan fingerprint density at radius 1 is 1.20 bits per heavy atom. The summed E-state index contributed by atoms with van der Waals surface area (Å²) in [5.74, 6) is 2.52. The predicted octanol–water partition coefficient (Wildman–Crippen LogP) is 5.26. The number of rotatable bonds is 4. The quantitative estimate of drug-likeness (QED) is 0.747. The van der Waals surface area contributed by atoms with Gasteiger partial charge in [-0.15, -0.1) is 0 Å². The lowest BCUT2D eigenvalue weighted by atomic mass is 9.65. The average molecular weight is 344 g/mol. The molecule has 1 aliphatic carbocycles. The summed E-state index contributed by atoms with van der Waals surface area (Å²) in [5, 5.41) is 0. The maximum atomic E-state index is 12.5. The topological polar surface area (TPSA) is 35.5 Å². The van der Waals surface area contributed by atoms with Crippen molar-refractivity contribution in [3.63, 3.8) is 0 Å². The van der Waals surface area contributed by atoms with Crippen LogP contribution in [-0.4, -0.2) is 18.5 Å². The van der Waals surface area contributed by atoms with Crippen LogP contribution < -0.4 is 9.47 Å². The van der Waals surface area contributed by atoms with Crippen LogP contribution >= 0.6 is 0 Å². The van der Waals surface area contributed by atoms with Crippen molar-refractivity contribution in [2.24, 2.45) is 11.3 Å². The second-order valence-corrected chi connectivity index (χ2v) is 8.90. The van der Waals surface area contributed by atoms with Crippen LogP contribution in [0.25, 0.3) is 0 Å². The first-order chi connectivity index (χ1) is 11.7. The molecule has 1 aromatic rings. The van der Waals surface area contributed by atoms with E-state index in [1.54, 1.807) is 7.11 Å². The lowest BCUT2D eigenvalue weighted by Gasteiger charge is -2.41. The van der Waals surface area contributed by atoms with Gasteiger partial charge in [0, 0.05) is 17.9 Å². The van der Waals surface area contributed by atoms with Gasteiger partial charge in [-0.3, -0.25) is 4.79 Å². The molecule has 3 rings (SSSR count). The van der Waals surface area contributed by atoms with Crippen molar-refractivity contribution in [1.29, 1.82) is 0 Å². The zero-order valence-corrected chi connectivity index (χ0v) is 16.4. The van der Waals surface area contributed by atoms with E-state index in [1.807, 2.05) is 0 Å². The first-order valence-corrected chi connectivity index (χ1v) is 9.63. The Labute approximate surface area is 152 Å². The van der Waals surface area contributed by atoms with Crippen molar-refractivity contribution in [2.45, 2.75) is 78.2 Å². The average Bonchev–Trinajstić information content (AvgIpc) is 2.52. The van der Waals surface area contributed by atoms with Gasteiger partial charge >= 0.3 is 0 Å². The van der Waals surface area contributed by atoms with Gasteiger partial charge in [-0.05, 0) is 75.5 Å². The number of hydrogen-bond acceptors (Lipinski definition) is 3. The smallest absolute Gasteiger partial charge is 0.136 e. The molecule has 138 valence electrons. The van der Waals surface area contributed by atoms with Crippen molar-refractivity contribution >= 4 is 5.78 Å². The maximum absolute atomic E-state index is 12.5. The van der Waals surface area contributed by atoms with E-state index in [4.69, 9.17) is 9.47 Å². The summed E-state index contributed by atoms with van der Waals surface area (Å²) < 4.78 is 12.0. The summed E-state index contributed by atoms with van der Waals surface area (Å²) in [6, 6.07) is 4.19. The van der Waals surface area contributed by atoms with E-state index in [2.05, 4.69) is 39.8 Å². The molecule has 1 aliphatic heterocycles. The van der Waals surface area contributed by atoms with Gasteiger partial charge in [0.1, 0.15) is 22.9 Å². The lowest BCUT2D eigenvalue weighted by Crippen LogP contribution is -2.40. The van der Waals surface area contributed by atoms with Crippen LogP contribution in [-0.2, 0) is 11.2 Å². The monoisotopic (exact) mass is 344 g/mol. The summed E-state index contributed by atoms with van der Waals surface area (Å²) >= 11 is 0. The summed E-state index contributed by atoms with van der Waals surface area (Å²) in [7, 11) is 1.72. The molecule has 0 unspecified atom stereocenters. The number of ether oxygens (including phenoxy) is 2. The molecule has 1 fully saturated rings. The van der Waals surface area contributed by atoms with Crippen LogP contribution in [0, 0.1) is 18.3 Å². The van der Waals surface area contributed by atoms with Crippen molar-refractivity contribution in [1.82, 2.24) is 0 Å². The molecule has 0 aromatic heterocycles. The molecule has 0 radical (unpaired) electrons. The fourth-order valence-corrected chi connectivity index (χ4v) is 4.66. The summed E-state index contributed by atoms with van der Waals surface area (Å²) in [6.07, 6.45) is 6.76. The SMILES string of the molecule is COc1cc(C)cc2c1CC[C@](C)(CC[C@H]1C(=O)CCCC1(C)C)O2. The standard InChI is InChI=1S/C22H32O3/c1-15-13-19(24-5)16-8-11-22(4,25-20(16)14-15)12-9-17-18(23)7-6-10-21(17,2)3/h13-14,17H,6-12H2,1-5H3/t17-,22+/m0/s1. The van der Waals surface area contributed by atoms with E-state index < -0.39 is 0 Å². The van der Waals surface area contributed by atoms with E-state index in [1.165, 1.54) is 5.56 Å². The largest absolute Gasteiger partial charge is 0.496 e. The third-order valence-electron chi connectivity index (χ3n) is 6.33. The minimum Gasteiger partial charge on any atom is -0.496 e. The van der Waals surface area contributed by atoms with Crippen molar-refractivity contribution < 1.29 is 14.3 Å². The first-order valence-electron chi connectivity index (χ1n) is 9.63. The molecule has 0 spiro atoms. The van der Waals surface area contributed by atoms with Crippen LogP contribution in [0.5, 0.6) is 11.5 Å². The second-order valence-electron chi connectivity index (χ2n) is 8.90. The number of Topliss-reactive ketones (excluding diaryl/α,β-unsaturated/α-hetero) is 1. The fourth-order valence-electron chi connectivity index (χ4n) is 4.66. The third-order valence-corrected chi connectivity index (χ3v) is 6.33. The molecule has 1 saturated carbocycles. The van der Waals surface area contributed by atoms with E-state index in [-0.39, 0.29) is 16.9 Å². The van der Waals surface area contributed by atoms with Crippen molar-refractivity contribution in [3.05, 3.63) is 23.3 Å². The highest BCUT2D eigenvalue weighted by molar-refractivity contribution is 5.82. The Kier molecular flexibility index (Phi) is 4.87. The molecular weight excluding hydrogens is 312 g/mol. The van der Waals surface area contributed by atoms with E-state index in [0.29, 0.717) is 5.78 Å². The number of carbonyl (C=O) groups excluding carboxylic acids is 1. The van der Waals surface area contributed by atoms with Crippen LogP contribution in [0.3, 0.4) is 0 Å². The van der Waals surface area contributed by atoms with Crippen molar-refractivity contribution in [2.75, 3.05) is 7.11 Å². The molecule has 0 saturated heterocycles. The molecule has 1 heterocycles. The Morgan fingerprint density at radius 2 is 1.96 bits per heavy atom. The highest BCUT2D eigenvalue weighted by Gasteiger charge is 2.40. The molecule has 2 aliphatic rings. The van der Waals surface area contributed by atoms with Gasteiger partial charge in [0.05, 0.1) is 7.11 Å². The molecule has 0 amide bonds. The summed E-state index contributed by atoms with van der Waals surface area (Å²) in [6.45, 7) is 8.77. The van der Waals surface area contributed by atoms with Crippen LogP contribution in [0.15, 0.2) is 12.1 Å². The van der Waals surface area contributed by atoms with Crippen LogP contribution in [0.2, 0.25) is 0 Å². The van der Waals surface area contributed by atoms with Gasteiger partial charge in [-0.1, -0.05) is 13.8 Å². The molecule has 0 N–H and O–H groups in total. The van der Waals surface area contributed by atoms with Gasteiger partial charge in [-0.2, -0.15) is 0 Å². The lowest BCUT2D eigenvalue weighted by molar-refractivity contribution is -0.130. The highest BCUT2D eigenvalue weighted by atomic mass is 16.5. The van der Waals surface area contributed by atoms with Gasteiger partial charge in [-0.25, -0.2) is 0 Å². The van der Waals surface area contributed by atoms with Crippen LogP contribution in [0.1, 0.15) is 70.4 Å². The van der Waals surface area contributed by atoms with Crippen LogP contribution in [0.4, 0.5) is 0 Å². The molecule has 2 atom stereocenters. The first kappa shape index (κ1) is 18.3. The summed E-state index contributed by atoms with van der Waals surface area (Å²) in [4.78, 5) is 12.5. The van der Waals surface area contributed by atoms with Gasteiger partial charge < -0.3 is 9.47 Å². The third kappa shape index (κ3) is 3.70. The summed E-state index contributed by atoms with van der Waals surface area (Å²) in [5.41, 5.74) is 2.26. The number of carbonyl (C=O) groups is 1. The Balaban J connectivity index is 1.74. The zero-order valence-electron chi connectivity index (χ0n) is 16.4. The predicted molar refractivity (Wildman–Crippen MR) is 100 cm³/mol. The zero-order chi connectivity index (χ0) is 18.2. The van der Waals surface area contributed by atoms with Crippen molar-refractivity contribution in [3.8, 4) is 11.5 Å². The molecule has 25 heavy (non-hydrogen) atoms. The fraction of sp³-hybridized carbons (Fsp3) is 0.682. The van der Waals surface area contributed by atoms with Gasteiger partial charge in [0.2, 0.25) is 0 Å². The maximum Gasteiger partial charge on any atom is 0.136 e. The molecule has 0 bridgehead atoms.